The molecule has 1 N–H and O–H groups in total. The Kier molecular flexibility index (Phi) is 6.45. The molecule has 0 aliphatic carbocycles. The Morgan fingerprint density at radius 1 is 1.00 bits per heavy atom. The van der Waals surface area contributed by atoms with Gasteiger partial charge in [-0.05, 0) is 43.6 Å². The minimum Gasteiger partial charge on any atom is -0.311 e. The average molecular weight is 301 g/mol. The molecule has 1 fully saturated rings. The van der Waals surface area contributed by atoms with Gasteiger partial charge >= 0.3 is 0 Å². The van der Waals surface area contributed by atoms with Crippen molar-refractivity contribution in [2.75, 3.05) is 26.2 Å². The first-order chi connectivity index (χ1) is 9.25. The Hall–Kier alpha value is -0.280. The van der Waals surface area contributed by atoms with Gasteiger partial charge in [0.05, 0.1) is 10.0 Å². The van der Waals surface area contributed by atoms with Crippen molar-refractivity contribution in [3.05, 3.63) is 33.8 Å². The van der Waals surface area contributed by atoms with Crippen LogP contribution in [-0.2, 0) is 6.54 Å². The molecule has 19 heavy (non-hydrogen) atoms. The summed E-state index contributed by atoms with van der Waals surface area (Å²) in [5, 5.41) is 4.73. The monoisotopic (exact) mass is 300 g/mol. The molecular weight excluding hydrogens is 279 g/mol. The van der Waals surface area contributed by atoms with E-state index >= 15 is 0 Å². The first-order valence-corrected chi connectivity index (χ1v) is 7.88. The molecule has 1 heterocycles. The number of rotatable bonds is 5. The Morgan fingerprint density at radius 2 is 1.74 bits per heavy atom. The molecule has 1 aromatic carbocycles. The van der Waals surface area contributed by atoms with Crippen LogP contribution >= 0.6 is 23.2 Å². The van der Waals surface area contributed by atoms with Crippen LogP contribution in [0.1, 0.15) is 31.2 Å². The molecule has 0 amide bonds. The summed E-state index contributed by atoms with van der Waals surface area (Å²) in [6, 6.07) is 5.81. The van der Waals surface area contributed by atoms with Crippen LogP contribution in [0.2, 0.25) is 10.0 Å². The van der Waals surface area contributed by atoms with Crippen LogP contribution in [0.25, 0.3) is 0 Å². The Labute approximate surface area is 126 Å². The van der Waals surface area contributed by atoms with E-state index in [1.807, 2.05) is 18.2 Å². The zero-order valence-corrected chi connectivity index (χ0v) is 12.8. The fourth-order valence-electron chi connectivity index (χ4n) is 2.48. The van der Waals surface area contributed by atoms with Crippen LogP contribution in [0.4, 0.5) is 0 Å². The summed E-state index contributed by atoms with van der Waals surface area (Å²) in [5.74, 6) is 0. The fourth-order valence-corrected chi connectivity index (χ4v) is 2.80. The second-order valence-electron chi connectivity index (χ2n) is 5.18. The summed E-state index contributed by atoms with van der Waals surface area (Å²) in [6.45, 7) is 5.54. The van der Waals surface area contributed by atoms with Crippen molar-refractivity contribution in [2.24, 2.45) is 0 Å². The van der Waals surface area contributed by atoms with Gasteiger partial charge in [0.15, 0.2) is 0 Å². The minimum atomic E-state index is 0.620. The first-order valence-electron chi connectivity index (χ1n) is 7.13. The van der Waals surface area contributed by atoms with E-state index in [1.54, 1.807) is 0 Å². The van der Waals surface area contributed by atoms with E-state index < -0.39 is 0 Å². The van der Waals surface area contributed by atoms with Gasteiger partial charge in [0, 0.05) is 19.6 Å². The van der Waals surface area contributed by atoms with Crippen molar-refractivity contribution in [1.82, 2.24) is 10.2 Å². The lowest BCUT2D eigenvalue weighted by Crippen LogP contribution is -2.32. The maximum Gasteiger partial charge on any atom is 0.0595 e. The van der Waals surface area contributed by atoms with E-state index in [0.717, 1.165) is 19.6 Å². The summed E-state index contributed by atoms with van der Waals surface area (Å²) in [7, 11) is 0. The fraction of sp³-hybridized carbons (Fsp3) is 0.600. The molecule has 0 bridgehead atoms. The SMILES string of the molecule is Clc1ccc(CNCCN2CCCCCC2)cc1Cl. The van der Waals surface area contributed by atoms with E-state index in [0.29, 0.717) is 10.0 Å². The van der Waals surface area contributed by atoms with Gasteiger partial charge in [0.1, 0.15) is 0 Å². The van der Waals surface area contributed by atoms with Crippen molar-refractivity contribution in [3.63, 3.8) is 0 Å². The lowest BCUT2D eigenvalue weighted by Gasteiger charge is -2.19. The molecule has 1 aliphatic heterocycles. The molecule has 1 saturated heterocycles. The zero-order valence-electron chi connectivity index (χ0n) is 11.3. The summed E-state index contributed by atoms with van der Waals surface area (Å²) >= 11 is 11.9. The van der Waals surface area contributed by atoms with Crippen LogP contribution in [0.5, 0.6) is 0 Å². The zero-order chi connectivity index (χ0) is 13.5. The molecule has 1 aromatic rings. The molecule has 2 rings (SSSR count). The molecule has 0 aromatic heterocycles. The van der Waals surface area contributed by atoms with E-state index in [4.69, 9.17) is 23.2 Å². The molecule has 0 saturated carbocycles. The highest BCUT2D eigenvalue weighted by molar-refractivity contribution is 6.42. The van der Waals surface area contributed by atoms with Gasteiger partial charge in [0.2, 0.25) is 0 Å². The molecular formula is C15H22Cl2N2. The van der Waals surface area contributed by atoms with E-state index in [9.17, 15) is 0 Å². The average Bonchev–Trinajstić information content (AvgIpc) is 2.67. The van der Waals surface area contributed by atoms with Crippen LogP contribution in [0.15, 0.2) is 18.2 Å². The topological polar surface area (TPSA) is 15.3 Å². The van der Waals surface area contributed by atoms with Gasteiger partial charge in [-0.3, -0.25) is 0 Å². The number of nitrogens with one attached hydrogen (secondary N) is 1. The van der Waals surface area contributed by atoms with E-state index in [-0.39, 0.29) is 0 Å². The number of nitrogens with zero attached hydrogens (tertiary/aromatic N) is 1. The predicted molar refractivity (Wildman–Crippen MR) is 83.1 cm³/mol. The third-order valence-electron chi connectivity index (χ3n) is 3.62. The molecule has 0 spiro atoms. The molecule has 4 heteroatoms. The highest BCUT2D eigenvalue weighted by Crippen LogP contribution is 2.22. The Morgan fingerprint density at radius 3 is 2.42 bits per heavy atom. The van der Waals surface area contributed by atoms with Gasteiger partial charge in [-0.15, -0.1) is 0 Å². The predicted octanol–water partition coefficient (Wildman–Crippen LogP) is 3.96. The number of hydrogen-bond donors (Lipinski definition) is 1. The van der Waals surface area contributed by atoms with Gasteiger partial charge in [-0.2, -0.15) is 0 Å². The number of likely N-dealkylation sites (tertiary alicyclic amines) is 1. The lowest BCUT2D eigenvalue weighted by atomic mass is 10.2. The van der Waals surface area contributed by atoms with Crippen LogP contribution in [0.3, 0.4) is 0 Å². The number of benzene rings is 1. The second-order valence-corrected chi connectivity index (χ2v) is 6.00. The van der Waals surface area contributed by atoms with Crippen molar-refractivity contribution in [2.45, 2.75) is 32.2 Å². The Bertz CT molecular complexity index is 388. The summed E-state index contributed by atoms with van der Waals surface area (Å²) in [5.41, 5.74) is 1.19. The number of hydrogen-bond acceptors (Lipinski definition) is 2. The van der Waals surface area contributed by atoms with Gasteiger partial charge < -0.3 is 10.2 Å². The lowest BCUT2D eigenvalue weighted by molar-refractivity contribution is 0.284. The highest BCUT2D eigenvalue weighted by Gasteiger charge is 2.07. The molecule has 106 valence electrons. The first kappa shape index (κ1) is 15.1. The largest absolute Gasteiger partial charge is 0.311 e. The van der Waals surface area contributed by atoms with Crippen LogP contribution < -0.4 is 5.32 Å². The van der Waals surface area contributed by atoms with Crippen molar-refractivity contribution >= 4 is 23.2 Å². The minimum absolute atomic E-state index is 0.620. The molecule has 2 nitrogen and oxygen atoms in total. The van der Waals surface area contributed by atoms with E-state index in [2.05, 4.69) is 10.2 Å². The summed E-state index contributed by atoms with van der Waals surface area (Å²) in [6.07, 6.45) is 5.50. The van der Waals surface area contributed by atoms with Gasteiger partial charge in [-0.1, -0.05) is 42.1 Å². The maximum atomic E-state index is 6.00. The summed E-state index contributed by atoms with van der Waals surface area (Å²) in [4.78, 5) is 2.56. The molecule has 0 unspecified atom stereocenters. The quantitative estimate of drug-likeness (QED) is 0.828. The molecule has 0 atom stereocenters. The van der Waals surface area contributed by atoms with Crippen molar-refractivity contribution in [3.8, 4) is 0 Å². The smallest absolute Gasteiger partial charge is 0.0595 e. The second kappa shape index (κ2) is 8.11. The van der Waals surface area contributed by atoms with Gasteiger partial charge in [-0.25, -0.2) is 0 Å². The van der Waals surface area contributed by atoms with Crippen molar-refractivity contribution < 1.29 is 0 Å². The third kappa shape index (κ3) is 5.31. The van der Waals surface area contributed by atoms with Crippen LogP contribution in [-0.4, -0.2) is 31.1 Å². The van der Waals surface area contributed by atoms with Gasteiger partial charge in [0.25, 0.3) is 0 Å². The maximum absolute atomic E-state index is 6.00. The normalized spacial score (nSPS) is 17.4. The highest BCUT2D eigenvalue weighted by atomic mass is 35.5. The standard InChI is InChI=1S/C15H22Cl2N2/c16-14-6-5-13(11-15(14)17)12-18-7-10-19-8-3-1-2-4-9-19/h5-6,11,18H,1-4,7-10,12H2. The molecule has 1 aliphatic rings. The van der Waals surface area contributed by atoms with E-state index in [1.165, 1.54) is 44.3 Å². The molecule has 0 radical (unpaired) electrons. The third-order valence-corrected chi connectivity index (χ3v) is 4.36. The van der Waals surface area contributed by atoms with Crippen molar-refractivity contribution in [1.29, 1.82) is 0 Å². The Balaban J connectivity index is 1.67. The number of halogens is 2. The summed E-state index contributed by atoms with van der Waals surface area (Å²) < 4.78 is 0. The van der Waals surface area contributed by atoms with Crippen LogP contribution in [0, 0.1) is 0 Å².